The number of hydrogen-bond donors (Lipinski definition) is 1. The highest BCUT2D eigenvalue weighted by molar-refractivity contribution is 6.33. The Morgan fingerprint density at radius 1 is 1.57 bits per heavy atom. The van der Waals surface area contributed by atoms with Gasteiger partial charge in [-0.3, -0.25) is 0 Å². The molecule has 1 aromatic heterocycles. The molecular weight excluding hydrogens is 198 g/mol. The van der Waals surface area contributed by atoms with Crippen LogP contribution < -0.4 is 10.6 Å². The molecule has 0 fully saturated rings. The monoisotopic (exact) mass is 213 g/mol. The first-order valence-corrected chi connectivity index (χ1v) is 5.00. The number of nitrogen functional groups attached to an aromatic ring is 1. The number of hydrogen-bond acceptors (Lipinski definition) is 3. The summed E-state index contributed by atoms with van der Waals surface area (Å²) in [5, 5.41) is 0.605. The van der Waals surface area contributed by atoms with Gasteiger partial charge >= 0.3 is 0 Å². The van der Waals surface area contributed by atoms with Crippen molar-refractivity contribution >= 4 is 23.1 Å². The molecule has 4 heteroatoms. The number of halogens is 1. The van der Waals surface area contributed by atoms with Crippen LogP contribution in [0.4, 0.5) is 11.5 Å². The van der Waals surface area contributed by atoms with Gasteiger partial charge in [-0.1, -0.05) is 25.4 Å². The lowest BCUT2D eigenvalue weighted by atomic mass is 10.2. The van der Waals surface area contributed by atoms with Crippen LogP contribution in [0.3, 0.4) is 0 Å². The average molecular weight is 214 g/mol. The SMILES string of the molecule is CC(C)CN(C)c1ncc(N)cc1Cl. The second-order valence-corrected chi connectivity index (χ2v) is 4.26. The minimum Gasteiger partial charge on any atom is -0.397 e. The van der Waals surface area contributed by atoms with Gasteiger partial charge in [0.1, 0.15) is 5.82 Å². The summed E-state index contributed by atoms with van der Waals surface area (Å²) in [6, 6.07) is 1.72. The van der Waals surface area contributed by atoms with Crippen molar-refractivity contribution < 1.29 is 0 Å². The van der Waals surface area contributed by atoms with Crippen molar-refractivity contribution in [1.29, 1.82) is 0 Å². The van der Waals surface area contributed by atoms with Crippen LogP contribution >= 0.6 is 11.6 Å². The maximum Gasteiger partial charge on any atom is 0.147 e. The smallest absolute Gasteiger partial charge is 0.147 e. The zero-order chi connectivity index (χ0) is 10.7. The highest BCUT2D eigenvalue weighted by atomic mass is 35.5. The molecule has 0 aliphatic carbocycles. The Hall–Kier alpha value is -0.960. The Bertz CT molecular complexity index is 312. The number of aromatic nitrogens is 1. The molecule has 0 unspecified atom stereocenters. The Morgan fingerprint density at radius 3 is 2.71 bits per heavy atom. The molecule has 2 N–H and O–H groups in total. The van der Waals surface area contributed by atoms with Gasteiger partial charge in [0.25, 0.3) is 0 Å². The van der Waals surface area contributed by atoms with E-state index in [0.717, 1.165) is 12.4 Å². The molecule has 0 saturated carbocycles. The lowest BCUT2D eigenvalue weighted by Crippen LogP contribution is -2.23. The molecule has 1 rings (SSSR count). The van der Waals surface area contributed by atoms with Crippen molar-refractivity contribution in [2.24, 2.45) is 5.92 Å². The highest BCUT2D eigenvalue weighted by Gasteiger charge is 2.08. The van der Waals surface area contributed by atoms with E-state index in [4.69, 9.17) is 17.3 Å². The van der Waals surface area contributed by atoms with Crippen molar-refractivity contribution in [1.82, 2.24) is 4.98 Å². The van der Waals surface area contributed by atoms with Gasteiger partial charge in [-0.15, -0.1) is 0 Å². The van der Waals surface area contributed by atoms with E-state index >= 15 is 0 Å². The quantitative estimate of drug-likeness (QED) is 0.839. The number of nitrogens with zero attached hydrogens (tertiary/aromatic N) is 2. The predicted molar refractivity (Wildman–Crippen MR) is 61.8 cm³/mol. The molecule has 1 heterocycles. The highest BCUT2D eigenvalue weighted by Crippen LogP contribution is 2.24. The van der Waals surface area contributed by atoms with Crippen molar-refractivity contribution in [3.63, 3.8) is 0 Å². The average Bonchev–Trinajstić information content (AvgIpc) is 2.01. The summed E-state index contributed by atoms with van der Waals surface area (Å²) in [5.41, 5.74) is 6.16. The van der Waals surface area contributed by atoms with Crippen molar-refractivity contribution in [3.05, 3.63) is 17.3 Å². The van der Waals surface area contributed by atoms with E-state index in [9.17, 15) is 0 Å². The van der Waals surface area contributed by atoms with E-state index in [1.807, 2.05) is 11.9 Å². The fourth-order valence-corrected chi connectivity index (χ4v) is 1.68. The first kappa shape index (κ1) is 11.1. The van der Waals surface area contributed by atoms with E-state index in [-0.39, 0.29) is 0 Å². The third-order valence-electron chi connectivity index (χ3n) is 1.84. The van der Waals surface area contributed by atoms with Crippen LogP contribution in [0.1, 0.15) is 13.8 Å². The molecule has 78 valence electrons. The third-order valence-corrected chi connectivity index (χ3v) is 2.12. The van der Waals surface area contributed by atoms with E-state index in [2.05, 4.69) is 18.8 Å². The Kier molecular flexibility index (Phi) is 3.58. The molecule has 0 bridgehead atoms. The molecule has 3 nitrogen and oxygen atoms in total. The number of rotatable bonds is 3. The van der Waals surface area contributed by atoms with E-state index in [1.165, 1.54) is 0 Å². The second kappa shape index (κ2) is 4.51. The van der Waals surface area contributed by atoms with Crippen LogP contribution in [0.15, 0.2) is 12.3 Å². The molecule has 14 heavy (non-hydrogen) atoms. The molecular formula is C10H16ClN3. The lowest BCUT2D eigenvalue weighted by molar-refractivity contribution is 0.635. The summed E-state index contributed by atoms with van der Waals surface area (Å²) in [6.45, 7) is 5.24. The summed E-state index contributed by atoms with van der Waals surface area (Å²) in [6.07, 6.45) is 1.62. The zero-order valence-corrected chi connectivity index (χ0v) is 9.54. The Labute approximate surface area is 89.9 Å². The van der Waals surface area contributed by atoms with E-state index in [1.54, 1.807) is 12.3 Å². The van der Waals surface area contributed by atoms with Gasteiger partial charge in [0.05, 0.1) is 16.9 Å². The zero-order valence-electron chi connectivity index (χ0n) is 8.79. The Morgan fingerprint density at radius 2 is 2.21 bits per heavy atom. The van der Waals surface area contributed by atoms with E-state index < -0.39 is 0 Å². The van der Waals surface area contributed by atoms with Crippen LogP contribution in [0, 0.1) is 5.92 Å². The van der Waals surface area contributed by atoms with Gasteiger partial charge in [0, 0.05) is 13.6 Å². The van der Waals surface area contributed by atoms with Crippen LogP contribution in [0.25, 0.3) is 0 Å². The summed E-state index contributed by atoms with van der Waals surface area (Å²) >= 11 is 6.02. The van der Waals surface area contributed by atoms with Crippen LogP contribution in [0.5, 0.6) is 0 Å². The summed E-state index contributed by atoms with van der Waals surface area (Å²) in [7, 11) is 1.98. The Balaban J connectivity index is 2.84. The first-order chi connectivity index (χ1) is 6.50. The topological polar surface area (TPSA) is 42.2 Å². The van der Waals surface area contributed by atoms with Crippen molar-refractivity contribution in [2.75, 3.05) is 24.2 Å². The van der Waals surface area contributed by atoms with Crippen molar-refractivity contribution in [2.45, 2.75) is 13.8 Å². The van der Waals surface area contributed by atoms with Crippen LogP contribution in [-0.4, -0.2) is 18.6 Å². The number of nitrogens with two attached hydrogens (primary N) is 1. The van der Waals surface area contributed by atoms with Gasteiger partial charge in [-0.05, 0) is 12.0 Å². The molecule has 0 radical (unpaired) electrons. The third kappa shape index (κ3) is 2.77. The van der Waals surface area contributed by atoms with Gasteiger partial charge in [-0.2, -0.15) is 0 Å². The standard InChI is InChI=1S/C10H16ClN3/c1-7(2)6-14(3)10-9(11)4-8(12)5-13-10/h4-5,7H,6,12H2,1-3H3. The predicted octanol–water partition coefficient (Wildman–Crippen LogP) is 2.41. The minimum atomic E-state index is 0.579. The molecule has 0 aliphatic heterocycles. The van der Waals surface area contributed by atoms with Gasteiger partial charge < -0.3 is 10.6 Å². The largest absolute Gasteiger partial charge is 0.397 e. The fraction of sp³-hybridized carbons (Fsp3) is 0.500. The molecule has 0 aromatic carbocycles. The molecule has 0 atom stereocenters. The van der Waals surface area contributed by atoms with Crippen molar-refractivity contribution in [3.8, 4) is 0 Å². The van der Waals surface area contributed by atoms with E-state index in [0.29, 0.717) is 16.6 Å². The maximum atomic E-state index is 6.02. The lowest BCUT2D eigenvalue weighted by Gasteiger charge is -2.21. The first-order valence-electron chi connectivity index (χ1n) is 4.63. The fourth-order valence-electron chi connectivity index (χ4n) is 1.36. The molecule has 0 amide bonds. The van der Waals surface area contributed by atoms with Gasteiger partial charge in [-0.25, -0.2) is 4.98 Å². The minimum absolute atomic E-state index is 0.579. The summed E-state index contributed by atoms with van der Waals surface area (Å²) < 4.78 is 0. The normalized spacial score (nSPS) is 10.6. The summed E-state index contributed by atoms with van der Waals surface area (Å²) in [4.78, 5) is 6.23. The molecule has 1 aromatic rings. The molecule has 0 spiro atoms. The van der Waals surface area contributed by atoms with Crippen LogP contribution in [0.2, 0.25) is 5.02 Å². The summed E-state index contributed by atoms with van der Waals surface area (Å²) in [5.74, 6) is 1.37. The second-order valence-electron chi connectivity index (χ2n) is 3.85. The molecule has 0 aliphatic rings. The van der Waals surface area contributed by atoms with Gasteiger partial charge in [0.2, 0.25) is 0 Å². The van der Waals surface area contributed by atoms with Gasteiger partial charge in [0.15, 0.2) is 0 Å². The number of anilines is 2. The maximum absolute atomic E-state index is 6.02. The number of pyridine rings is 1. The molecule has 0 saturated heterocycles. The van der Waals surface area contributed by atoms with Crippen LogP contribution in [-0.2, 0) is 0 Å².